The van der Waals surface area contributed by atoms with Gasteiger partial charge in [-0.15, -0.1) is 0 Å². The van der Waals surface area contributed by atoms with Crippen LogP contribution in [0.25, 0.3) is 0 Å². The summed E-state index contributed by atoms with van der Waals surface area (Å²) >= 11 is 0. The first kappa shape index (κ1) is 14.0. The van der Waals surface area contributed by atoms with E-state index in [0.29, 0.717) is 0 Å². The van der Waals surface area contributed by atoms with E-state index in [9.17, 15) is 18.4 Å². The lowest BCUT2D eigenvalue weighted by Gasteiger charge is -2.32. The topological polar surface area (TPSA) is 58.6 Å². The van der Waals surface area contributed by atoms with Gasteiger partial charge in [0.15, 0.2) is 0 Å². The van der Waals surface area contributed by atoms with Gasteiger partial charge in [-0.2, -0.15) is 0 Å². The van der Waals surface area contributed by atoms with Crippen molar-refractivity contribution in [3.8, 4) is 0 Å². The van der Waals surface area contributed by atoms with Gasteiger partial charge in [0.2, 0.25) is 5.91 Å². The minimum Gasteiger partial charge on any atom is -0.444 e. The standard InChI is InChI=1S/C12H18F2N2O3/c1-11(2,3)19-10(18)16-6-12(13,14)7-4-9(17)15-5-8(7)16/h7-8H,4-6H2,1-3H3,(H,15,17)/t7-,8+/m1/s1. The Bertz CT molecular complexity index is 406. The van der Waals surface area contributed by atoms with Gasteiger partial charge in [-0.3, -0.25) is 9.69 Å². The van der Waals surface area contributed by atoms with Crippen molar-refractivity contribution in [1.82, 2.24) is 10.2 Å². The Hall–Kier alpha value is -1.40. The molecule has 0 aliphatic carbocycles. The smallest absolute Gasteiger partial charge is 0.410 e. The van der Waals surface area contributed by atoms with Crippen LogP contribution in [0.4, 0.5) is 13.6 Å². The molecule has 2 rings (SSSR count). The first-order chi connectivity index (χ1) is 8.60. The van der Waals surface area contributed by atoms with E-state index >= 15 is 0 Å². The highest BCUT2D eigenvalue weighted by Crippen LogP contribution is 2.41. The van der Waals surface area contributed by atoms with Crippen molar-refractivity contribution in [3.05, 3.63) is 0 Å². The van der Waals surface area contributed by atoms with Crippen LogP contribution in [0.1, 0.15) is 27.2 Å². The van der Waals surface area contributed by atoms with Gasteiger partial charge >= 0.3 is 6.09 Å². The van der Waals surface area contributed by atoms with Gasteiger partial charge < -0.3 is 10.1 Å². The molecule has 7 heteroatoms. The molecule has 2 aliphatic heterocycles. The van der Waals surface area contributed by atoms with Crippen molar-refractivity contribution in [2.75, 3.05) is 13.1 Å². The Morgan fingerprint density at radius 2 is 2.11 bits per heavy atom. The van der Waals surface area contributed by atoms with E-state index in [0.717, 1.165) is 4.90 Å². The quantitative estimate of drug-likeness (QED) is 0.727. The number of nitrogens with one attached hydrogen (secondary N) is 1. The number of hydrogen-bond donors (Lipinski definition) is 1. The lowest BCUT2D eigenvalue weighted by atomic mass is 9.90. The summed E-state index contributed by atoms with van der Waals surface area (Å²) in [6.45, 7) is 4.41. The number of likely N-dealkylation sites (tertiary alicyclic amines) is 1. The van der Waals surface area contributed by atoms with Crippen molar-refractivity contribution in [2.24, 2.45) is 5.92 Å². The number of fused-ring (bicyclic) bond motifs is 1. The molecule has 0 radical (unpaired) electrons. The van der Waals surface area contributed by atoms with E-state index in [1.54, 1.807) is 20.8 Å². The second-order valence-electron chi connectivity index (χ2n) is 6.05. The maximum absolute atomic E-state index is 13.9. The number of nitrogens with zero attached hydrogens (tertiary/aromatic N) is 1. The van der Waals surface area contributed by atoms with Gasteiger partial charge in [0.1, 0.15) is 5.60 Å². The summed E-state index contributed by atoms with van der Waals surface area (Å²) in [5, 5.41) is 2.52. The molecule has 19 heavy (non-hydrogen) atoms. The van der Waals surface area contributed by atoms with Crippen LogP contribution in [0.15, 0.2) is 0 Å². The SMILES string of the molecule is CC(C)(C)OC(=O)N1CC(F)(F)[C@@H]2CC(=O)NC[C@@H]21. The fraction of sp³-hybridized carbons (Fsp3) is 0.833. The molecule has 0 spiro atoms. The Kier molecular flexibility index (Phi) is 3.18. The number of rotatable bonds is 0. The third-order valence-electron chi connectivity index (χ3n) is 3.33. The van der Waals surface area contributed by atoms with Crippen molar-refractivity contribution in [1.29, 1.82) is 0 Å². The van der Waals surface area contributed by atoms with Crippen LogP contribution in [0, 0.1) is 5.92 Å². The fourth-order valence-electron chi connectivity index (χ4n) is 2.51. The Labute approximate surface area is 110 Å². The number of ether oxygens (including phenoxy) is 1. The van der Waals surface area contributed by atoms with Crippen LogP contribution in [0.5, 0.6) is 0 Å². The van der Waals surface area contributed by atoms with Crippen LogP contribution in [-0.2, 0) is 9.53 Å². The summed E-state index contributed by atoms with van der Waals surface area (Å²) in [6, 6.07) is -0.692. The Balaban J connectivity index is 2.15. The number of hydrogen-bond acceptors (Lipinski definition) is 3. The zero-order chi connectivity index (χ0) is 14.4. The first-order valence-corrected chi connectivity index (χ1v) is 6.24. The molecule has 2 atom stereocenters. The molecule has 2 aliphatic rings. The zero-order valence-electron chi connectivity index (χ0n) is 11.2. The largest absolute Gasteiger partial charge is 0.444 e. The second kappa shape index (κ2) is 4.31. The van der Waals surface area contributed by atoms with Crippen molar-refractivity contribution in [2.45, 2.75) is 44.8 Å². The van der Waals surface area contributed by atoms with E-state index in [-0.39, 0.29) is 13.0 Å². The molecule has 0 bridgehead atoms. The predicted molar refractivity (Wildman–Crippen MR) is 62.8 cm³/mol. The van der Waals surface area contributed by atoms with Crippen LogP contribution in [-0.4, -0.2) is 47.6 Å². The molecule has 2 fully saturated rings. The number of halogens is 2. The summed E-state index contributed by atoms with van der Waals surface area (Å²) in [7, 11) is 0. The lowest BCUT2D eigenvalue weighted by molar-refractivity contribution is -0.128. The molecule has 0 aromatic carbocycles. The first-order valence-electron chi connectivity index (χ1n) is 6.24. The van der Waals surface area contributed by atoms with Crippen LogP contribution in [0.2, 0.25) is 0 Å². The average molecular weight is 276 g/mol. The Morgan fingerprint density at radius 3 is 2.68 bits per heavy atom. The number of alkyl halides is 2. The normalized spacial score (nSPS) is 29.7. The zero-order valence-corrected chi connectivity index (χ0v) is 11.2. The van der Waals surface area contributed by atoms with E-state index < -0.39 is 42.0 Å². The molecule has 2 saturated heterocycles. The highest BCUT2D eigenvalue weighted by Gasteiger charge is 2.58. The summed E-state index contributed by atoms with van der Waals surface area (Å²) < 4.78 is 32.9. The van der Waals surface area contributed by atoms with Crippen LogP contribution < -0.4 is 5.32 Å². The molecular weight excluding hydrogens is 258 g/mol. The molecule has 2 heterocycles. The minimum atomic E-state index is -3.04. The third kappa shape index (κ3) is 2.79. The fourth-order valence-corrected chi connectivity index (χ4v) is 2.51. The molecule has 5 nitrogen and oxygen atoms in total. The monoisotopic (exact) mass is 276 g/mol. The number of carbonyl (C=O) groups excluding carboxylic acids is 2. The average Bonchev–Trinajstić information content (AvgIpc) is 2.49. The summed E-state index contributed by atoms with van der Waals surface area (Å²) in [5.41, 5.74) is -0.734. The van der Waals surface area contributed by atoms with Gasteiger partial charge in [-0.05, 0) is 20.8 Å². The van der Waals surface area contributed by atoms with E-state index in [4.69, 9.17) is 4.74 Å². The second-order valence-corrected chi connectivity index (χ2v) is 6.05. The molecule has 0 aromatic rings. The van der Waals surface area contributed by atoms with E-state index in [1.807, 2.05) is 0 Å². The van der Waals surface area contributed by atoms with Gasteiger partial charge in [-0.1, -0.05) is 0 Å². The Morgan fingerprint density at radius 1 is 1.47 bits per heavy atom. The predicted octanol–water partition coefficient (Wildman–Crippen LogP) is 1.38. The van der Waals surface area contributed by atoms with Crippen molar-refractivity contribution in [3.63, 3.8) is 0 Å². The van der Waals surface area contributed by atoms with Crippen LogP contribution >= 0.6 is 0 Å². The number of piperidine rings is 1. The maximum atomic E-state index is 13.9. The van der Waals surface area contributed by atoms with Crippen LogP contribution in [0.3, 0.4) is 0 Å². The highest BCUT2D eigenvalue weighted by atomic mass is 19.3. The molecular formula is C12H18F2N2O3. The van der Waals surface area contributed by atoms with Gasteiger partial charge in [0.05, 0.1) is 18.5 Å². The number of carbonyl (C=O) groups is 2. The molecule has 2 amide bonds. The number of amides is 2. The van der Waals surface area contributed by atoms with E-state index in [2.05, 4.69) is 5.32 Å². The van der Waals surface area contributed by atoms with Crippen molar-refractivity contribution >= 4 is 12.0 Å². The summed E-state index contributed by atoms with van der Waals surface area (Å²) in [5.74, 6) is -4.56. The lowest BCUT2D eigenvalue weighted by Crippen LogP contribution is -2.51. The van der Waals surface area contributed by atoms with Gasteiger partial charge in [0, 0.05) is 13.0 Å². The molecule has 108 valence electrons. The summed E-state index contributed by atoms with van der Waals surface area (Å²) in [6.07, 6.45) is -1.01. The molecule has 0 unspecified atom stereocenters. The maximum Gasteiger partial charge on any atom is 0.410 e. The molecule has 1 N–H and O–H groups in total. The minimum absolute atomic E-state index is 0.0539. The third-order valence-corrected chi connectivity index (χ3v) is 3.33. The van der Waals surface area contributed by atoms with E-state index in [1.165, 1.54) is 0 Å². The van der Waals surface area contributed by atoms with Gasteiger partial charge in [-0.25, -0.2) is 13.6 Å². The summed E-state index contributed by atoms with van der Waals surface area (Å²) in [4.78, 5) is 24.2. The molecule has 0 saturated carbocycles. The molecule has 0 aromatic heterocycles. The van der Waals surface area contributed by atoms with Gasteiger partial charge in [0.25, 0.3) is 5.92 Å². The van der Waals surface area contributed by atoms with Crippen molar-refractivity contribution < 1.29 is 23.1 Å². The highest BCUT2D eigenvalue weighted by molar-refractivity contribution is 5.78.